The highest BCUT2D eigenvalue weighted by molar-refractivity contribution is 6.34. The largest absolute Gasteiger partial charge is 0.364 e. The summed E-state index contributed by atoms with van der Waals surface area (Å²) in [5.74, 6) is 0.801. The molecule has 5 nitrogen and oxygen atoms in total. The molecule has 1 N–H and O–H groups in total. The molecule has 3 rings (SSSR count). The lowest BCUT2D eigenvalue weighted by Gasteiger charge is -2.30. The number of hydrogen-bond donors (Lipinski definition) is 1. The first kappa shape index (κ1) is 13.5. The minimum atomic E-state index is 0.402. The van der Waals surface area contributed by atoms with Crippen LogP contribution in [-0.4, -0.2) is 46.3 Å². The van der Waals surface area contributed by atoms with Crippen molar-refractivity contribution in [3.8, 4) is 0 Å². The number of aromatic nitrogens is 3. The van der Waals surface area contributed by atoms with Crippen LogP contribution in [0, 0.1) is 6.92 Å². The topological polar surface area (TPSA) is 53.9 Å². The molecule has 106 valence electrons. The number of likely N-dealkylation sites (N-methyl/N-ethyl adjacent to an activating group) is 1. The summed E-state index contributed by atoms with van der Waals surface area (Å²) in [4.78, 5) is 6.61. The normalized spacial score (nSPS) is 20.2. The quantitative estimate of drug-likeness (QED) is 0.921. The Bertz CT molecular complexity index is 630. The number of nitrogens with one attached hydrogen (secondary N) is 1. The maximum absolute atomic E-state index is 6.10. The number of halogens is 1. The number of pyridine rings is 1. The number of rotatable bonds is 2. The third kappa shape index (κ3) is 2.69. The van der Waals surface area contributed by atoms with E-state index in [9.17, 15) is 0 Å². The second kappa shape index (κ2) is 5.50. The molecule has 0 bridgehead atoms. The lowest BCUT2D eigenvalue weighted by Crippen LogP contribution is -2.40. The predicted octanol–water partition coefficient (Wildman–Crippen LogP) is 2.49. The molecule has 0 amide bonds. The molecular formula is C14H18ClN5. The van der Waals surface area contributed by atoms with E-state index < -0.39 is 0 Å². The molecule has 0 spiro atoms. The van der Waals surface area contributed by atoms with E-state index in [4.69, 9.17) is 11.6 Å². The smallest absolute Gasteiger partial charge is 0.161 e. The Balaban J connectivity index is 1.95. The minimum absolute atomic E-state index is 0.402. The highest BCUT2D eigenvalue weighted by Gasteiger charge is 2.19. The molecule has 1 unspecified atom stereocenters. The molecule has 3 heterocycles. The van der Waals surface area contributed by atoms with Crippen LogP contribution < -0.4 is 5.32 Å². The van der Waals surface area contributed by atoms with Crippen molar-refractivity contribution in [2.45, 2.75) is 25.8 Å². The van der Waals surface area contributed by atoms with Gasteiger partial charge < -0.3 is 10.2 Å². The van der Waals surface area contributed by atoms with Crippen LogP contribution >= 0.6 is 11.6 Å². The number of hydrogen-bond acceptors (Lipinski definition) is 5. The molecule has 0 radical (unpaired) electrons. The number of anilines is 1. The SMILES string of the molecule is Cc1cc2c(NC3CCCN(C)C3)nnc(Cl)c2cn1. The number of fused-ring (bicyclic) bond motifs is 1. The Morgan fingerprint density at radius 3 is 3.00 bits per heavy atom. The number of likely N-dealkylation sites (tertiary alicyclic amines) is 1. The van der Waals surface area contributed by atoms with Crippen LogP contribution in [0.2, 0.25) is 5.15 Å². The van der Waals surface area contributed by atoms with Crippen molar-refractivity contribution in [1.29, 1.82) is 0 Å². The Kier molecular flexibility index (Phi) is 3.72. The van der Waals surface area contributed by atoms with Gasteiger partial charge in [0.15, 0.2) is 11.0 Å². The van der Waals surface area contributed by atoms with E-state index in [0.717, 1.165) is 41.8 Å². The van der Waals surface area contributed by atoms with Crippen molar-refractivity contribution in [2.24, 2.45) is 0 Å². The second-order valence-electron chi connectivity index (χ2n) is 5.46. The van der Waals surface area contributed by atoms with Gasteiger partial charge >= 0.3 is 0 Å². The van der Waals surface area contributed by atoms with Crippen LogP contribution in [-0.2, 0) is 0 Å². The fraction of sp³-hybridized carbons (Fsp3) is 0.500. The molecule has 20 heavy (non-hydrogen) atoms. The summed E-state index contributed by atoms with van der Waals surface area (Å²) in [7, 11) is 2.15. The molecule has 1 aliphatic rings. The molecule has 1 aliphatic heterocycles. The molecule has 0 aliphatic carbocycles. The summed E-state index contributed by atoms with van der Waals surface area (Å²) in [6.45, 7) is 4.15. The molecule has 2 aromatic heterocycles. The molecule has 1 saturated heterocycles. The second-order valence-corrected chi connectivity index (χ2v) is 5.81. The van der Waals surface area contributed by atoms with Gasteiger partial charge in [-0.1, -0.05) is 11.6 Å². The van der Waals surface area contributed by atoms with Gasteiger partial charge in [0.2, 0.25) is 0 Å². The van der Waals surface area contributed by atoms with Gasteiger partial charge in [-0.3, -0.25) is 4.98 Å². The zero-order chi connectivity index (χ0) is 14.1. The lowest BCUT2D eigenvalue weighted by atomic mass is 10.1. The van der Waals surface area contributed by atoms with Gasteiger partial charge in [-0.05, 0) is 39.4 Å². The van der Waals surface area contributed by atoms with Gasteiger partial charge in [-0.2, -0.15) is 0 Å². The van der Waals surface area contributed by atoms with E-state index in [1.54, 1.807) is 6.20 Å². The summed E-state index contributed by atoms with van der Waals surface area (Å²) < 4.78 is 0. The van der Waals surface area contributed by atoms with E-state index in [0.29, 0.717) is 11.2 Å². The Labute approximate surface area is 123 Å². The van der Waals surface area contributed by atoms with Gasteiger partial charge in [0.1, 0.15) is 0 Å². The maximum atomic E-state index is 6.10. The van der Waals surface area contributed by atoms with Crippen molar-refractivity contribution in [2.75, 3.05) is 25.5 Å². The Hall–Kier alpha value is -1.46. The highest BCUT2D eigenvalue weighted by Crippen LogP contribution is 2.27. The summed E-state index contributed by atoms with van der Waals surface area (Å²) in [5, 5.41) is 14.0. The predicted molar refractivity (Wildman–Crippen MR) is 81.2 cm³/mol. The van der Waals surface area contributed by atoms with Crippen molar-refractivity contribution in [3.63, 3.8) is 0 Å². The van der Waals surface area contributed by atoms with Gasteiger partial charge in [-0.25, -0.2) is 0 Å². The molecule has 2 aromatic rings. The Morgan fingerprint density at radius 1 is 1.35 bits per heavy atom. The molecule has 0 aromatic carbocycles. The van der Waals surface area contributed by atoms with Gasteiger partial charge in [0.25, 0.3) is 0 Å². The summed E-state index contributed by atoms with van der Waals surface area (Å²) in [6, 6.07) is 2.41. The van der Waals surface area contributed by atoms with Crippen molar-refractivity contribution < 1.29 is 0 Å². The van der Waals surface area contributed by atoms with E-state index >= 15 is 0 Å². The average Bonchev–Trinajstić information content (AvgIpc) is 2.42. The van der Waals surface area contributed by atoms with Crippen LogP contribution in [0.1, 0.15) is 18.5 Å². The standard InChI is InChI=1S/C14H18ClN5/c1-9-6-11-12(7-16-9)13(15)18-19-14(11)17-10-4-3-5-20(2)8-10/h6-7,10H,3-5,8H2,1-2H3,(H,17,19). The molecule has 1 fully saturated rings. The first-order valence-corrected chi connectivity index (χ1v) is 7.25. The van der Waals surface area contributed by atoms with Crippen LogP contribution in [0.15, 0.2) is 12.3 Å². The number of aryl methyl sites for hydroxylation is 1. The van der Waals surface area contributed by atoms with Crippen molar-refractivity contribution in [1.82, 2.24) is 20.1 Å². The van der Waals surface area contributed by atoms with Gasteiger partial charge in [-0.15, -0.1) is 10.2 Å². The van der Waals surface area contributed by atoms with E-state index in [-0.39, 0.29) is 0 Å². The van der Waals surface area contributed by atoms with Gasteiger partial charge in [0.05, 0.1) is 0 Å². The fourth-order valence-corrected chi connectivity index (χ4v) is 2.89. The number of nitrogens with zero attached hydrogens (tertiary/aromatic N) is 4. The van der Waals surface area contributed by atoms with Crippen LogP contribution in [0.5, 0.6) is 0 Å². The zero-order valence-corrected chi connectivity index (χ0v) is 12.5. The first-order valence-electron chi connectivity index (χ1n) is 6.87. The van der Waals surface area contributed by atoms with Gasteiger partial charge in [0, 0.05) is 35.2 Å². The fourth-order valence-electron chi connectivity index (χ4n) is 2.71. The van der Waals surface area contributed by atoms with E-state index in [1.807, 2.05) is 13.0 Å². The first-order chi connectivity index (χ1) is 9.63. The molecule has 1 atom stereocenters. The van der Waals surface area contributed by atoms with Crippen LogP contribution in [0.25, 0.3) is 10.8 Å². The van der Waals surface area contributed by atoms with Crippen molar-refractivity contribution in [3.05, 3.63) is 23.1 Å². The molecular weight excluding hydrogens is 274 g/mol. The molecule has 0 saturated carbocycles. The summed E-state index contributed by atoms with van der Waals surface area (Å²) in [5.41, 5.74) is 0.949. The van der Waals surface area contributed by atoms with E-state index in [1.165, 1.54) is 6.42 Å². The zero-order valence-electron chi connectivity index (χ0n) is 11.7. The third-order valence-electron chi connectivity index (χ3n) is 3.72. The van der Waals surface area contributed by atoms with Crippen molar-refractivity contribution >= 4 is 28.2 Å². The lowest BCUT2D eigenvalue weighted by molar-refractivity contribution is 0.261. The monoisotopic (exact) mass is 291 g/mol. The summed E-state index contributed by atoms with van der Waals surface area (Å²) >= 11 is 6.10. The van der Waals surface area contributed by atoms with Crippen LogP contribution in [0.4, 0.5) is 5.82 Å². The maximum Gasteiger partial charge on any atom is 0.161 e. The average molecular weight is 292 g/mol. The van der Waals surface area contributed by atoms with E-state index in [2.05, 4.69) is 32.4 Å². The minimum Gasteiger partial charge on any atom is -0.364 e. The Morgan fingerprint density at radius 2 is 2.20 bits per heavy atom. The highest BCUT2D eigenvalue weighted by atomic mass is 35.5. The van der Waals surface area contributed by atoms with Crippen LogP contribution in [0.3, 0.4) is 0 Å². The third-order valence-corrected chi connectivity index (χ3v) is 4.00. The molecule has 6 heteroatoms. The summed E-state index contributed by atoms with van der Waals surface area (Å²) in [6.07, 6.45) is 4.12. The number of piperidine rings is 1.